The lowest BCUT2D eigenvalue weighted by Gasteiger charge is -2.19. The molecule has 0 aromatic heterocycles. The first-order valence-corrected chi connectivity index (χ1v) is 7.35. The van der Waals surface area contributed by atoms with Gasteiger partial charge in [-0.3, -0.25) is 16.0 Å². The molecule has 1 aromatic rings. The third-order valence-electron chi connectivity index (χ3n) is 2.65. The highest BCUT2D eigenvalue weighted by molar-refractivity contribution is 7.89. The zero-order valence-corrected chi connectivity index (χ0v) is 12.3. The number of hydrogen-bond donors (Lipinski definition) is 2. The van der Waals surface area contributed by atoms with Crippen LogP contribution in [0, 0.1) is 16.0 Å². The Hall–Kier alpha value is -1.71. The van der Waals surface area contributed by atoms with Crippen LogP contribution in [-0.4, -0.2) is 31.2 Å². The summed E-state index contributed by atoms with van der Waals surface area (Å²) in [6, 6.07) is 3.47. The molecule has 3 N–H and O–H groups in total. The highest BCUT2D eigenvalue weighted by atomic mass is 32.2. The number of nitro groups is 1. The number of nitrogens with one attached hydrogen (secondary N) is 1. The van der Waals surface area contributed by atoms with Crippen molar-refractivity contribution in [2.75, 3.05) is 19.0 Å². The van der Waals surface area contributed by atoms with Crippen LogP contribution in [0.5, 0.6) is 0 Å². The molecule has 0 aliphatic heterocycles. The van der Waals surface area contributed by atoms with E-state index in [0.29, 0.717) is 6.54 Å². The van der Waals surface area contributed by atoms with Crippen molar-refractivity contribution in [3.8, 4) is 0 Å². The molecular weight excluding hydrogens is 284 g/mol. The quantitative estimate of drug-likeness (QED) is 0.462. The number of nitrogen functional groups attached to an aromatic ring is 1. The average Bonchev–Trinajstić information content (AvgIpc) is 2.36. The van der Waals surface area contributed by atoms with Crippen LogP contribution in [0.3, 0.4) is 0 Å². The summed E-state index contributed by atoms with van der Waals surface area (Å²) in [5, 5.41) is 10.8. The molecule has 0 aliphatic carbocycles. The summed E-state index contributed by atoms with van der Waals surface area (Å²) in [4.78, 5) is 10.1. The van der Waals surface area contributed by atoms with E-state index in [1.165, 1.54) is 17.4 Å². The highest BCUT2D eigenvalue weighted by Gasteiger charge is 2.24. The molecule has 8 nitrogen and oxygen atoms in total. The fourth-order valence-electron chi connectivity index (χ4n) is 1.74. The Balaban J connectivity index is 3.23. The summed E-state index contributed by atoms with van der Waals surface area (Å²) in [6.07, 6.45) is 0. The second kappa shape index (κ2) is 6.16. The largest absolute Gasteiger partial charge is 0.318 e. The summed E-state index contributed by atoms with van der Waals surface area (Å²) in [5.74, 6) is 5.36. The smallest absolute Gasteiger partial charge is 0.293 e. The molecule has 0 bridgehead atoms. The molecule has 0 saturated carbocycles. The zero-order valence-electron chi connectivity index (χ0n) is 11.5. The van der Waals surface area contributed by atoms with Gasteiger partial charge >= 0.3 is 0 Å². The molecule has 0 atom stereocenters. The molecule has 0 radical (unpaired) electrons. The number of nitro benzene ring substituents is 1. The molecule has 9 heteroatoms. The van der Waals surface area contributed by atoms with Crippen LogP contribution in [0.1, 0.15) is 13.8 Å². The van der Waals surface area contributed by atoms with Crippen molar-refractivity contribution < 1.29 is 13.3 Å². The third kappa shape index (κ3) is 3.44. The van der Waals surface area contributed by atoms with Gasteiger partial charge in [-0.25, -0.2) is 12.7 Å². The Morgan fingerprint density at radius 1 is 1.45 bits per heavy atom. The number of anilines is 1. The van der Waals surface area contributed by atoms with Gasteiger partial charge in [0, 0.05) is 19.7 Å². The molecule has 0 aliphatic rings. The van der Waals surface area contributed by atoms with Crippen molar-refractivity contribution in [2.45, 2.75) is 18.7 Å². The Kier molecular flexibility index (Phi) is 5.03. The number of nitrogens with two attached hydrogens (primary N) is 1. The summed E-state index contributed by atoms with van der Waals surface area (Å²) in [5.41, 5.74) is 1.82. The van der Waals surface area contributed by atoms with E-state index in [-0.39, 0.29) is 22.2 Å². The average molecular weight is 302 g/mol. The van der Waals surface area contributed by atoms with E-state index in [0.717, 1.165) is 12.1 Å². The first-order valence-electron chi connectivity index (χ1n) is 5.91. The predicted molar refractivity (Wildman–Crippen MR) is 75.6 cm³/mol. The number of nitrogens with zero attached hydrogens (tertiary/aromatic N) is 2. The van der Waals surface area contributed by atoms with Crippen LogP contribution < -0.4 is 11.3 Å². The first-order chi connectivity index (χ1) is 9.20. The Bertz CT molecular complexity index is 600. The maximum Gasteiger partial charge on any atom is 0.293 e. The molecule has 112 valence electrons. The molecule has 0 spiro atoms. The zero-order chi connectivity index (χ0) is 15.5. The fraction of sp³-hybridized carbons (Fsp3) is 0.455. The number of benzene rings is 1. The number of hydrogen-bond acceptors (Lipinski definition) is 6. The molecule has 0 saturated heterocycles. The van der Waals surface area contributed by atoms with Gasteiger partial charge in [-0.05, 0) is 18.1 Å². The van der Waals surface area contributed by atoms with Gasteiger partial charge in [0.25, 0.3) is 5.69 Å². The fourth-order valence-corrected chi connectivity index (χ4v) is 3.10. The van der Waals surface area contributed by atoms with E-state index in [1.54, 1.807) is 0 Å². The Morgan fingerprint density at radius 2 is 2.05 bits per heavy atom. The van der Waals surface area contributed by atoms with E-state index in [1.807, 2.05) is 13.8 Å². The Labute approximate surface area is 117 Å². The van der Waals surface area contributed by atoms with Gasteiger partial charge in [0.15, 0.2) is 0 Å². The van der Waals surface area contributed by atoms with Crippen molar-refractivity contribution in [1.82, 2.24) is 4.31 Å². The lowest BCUT2D eigenvalue weighted by atomic mass is 10.2. The minimum atomic E-state index is -3.69. The normalized spacial score (nSPS) is 11.9. The van der Waals surface area contributed by atoms with Crippen LogP contribution in [0.15, 0.2) is 23.1 Å². The van der Waals surface area contributed by atoms with Gasteiger partial charge in [-0.1, -0.05) is 13.8 Å². The van der Waals surface area contributed by atoms with Crippen LogP contribution >= 0.6 is 0 Å². The van der Waals surface area contributed by atoms with E-state index in [4.69, 9.17) is 5.84 Å². The van der Waals surface area contributed by atoms with Gasteiger partial charge < -0.3 is 5.43 Å². The van der Waals surface area contributed by atoms with Gasteiger partial charge in [0.05, 0.1) is 9.82 Å². The van der Waals surface area contributed by atoms with Crippen LogP contribution in [-0.2, 0) is 10.0 Å². The molecule has 1 rings (SSSR count). The molecule has 0 fully saturated rings. The lowest BCUT2D eigenvalue weighted by Crippen LogP contribution is -2.30. The number of hydrazine groups is 1. The second-order valence-electron chi connectivity index (χ2n) is 4.76. The van der Waals surface area contributed by atoms with E-state index < -0.39 is 14.9 Å². The molecule has 0 heterocycles. The van der Waals surface area contributed by atoms with Crippen LogP contribution in [0.4, 0.5) is 11.4 Å². The second-order valence-corrected chi connectivity index (χ2v) is 6.80. The van der Waals surface area contributed by atoms with Crippen molar-refractivity contribution in [2.24, 2.45) is 11.8 Å². The van der Waals surface area contributed by atoms with Gasteiger partial charge in [-0.15, -0.1) is 0 Å². The lowest BCUT2D eigenvalue weighted by molar-refractivity contribution is -0.384. The third-order valence-corrected chi connectivity index (χ3v) is 4.47. The predicted octanol–water partition coefficient (Wildman–Crippen LogP) is 1.16. The van der Waals surface area contributed by atoms with Gasteiger partial charge in [-0.2, -0.15) is 0 Å². The van der Waals surface area contributed by atoms with Crippen LogP contribution in [0.2, 0.25) is 0 Å². The van der Waals surface area contributed by atoms with Crippen molar-refractivity contribution in [3.05, 3.63) is 28.3 Å². The van der Waals surface area contributed by atoms with Crippen LogP contribution in [0.25, 0.3) is 0 Å². The number of rotatable bonds is 6. The summed E-state index contributed by atoms with van der Waals surface area (Å²) >= 11 is 0. The minimum Gasteiger partial charge on any atom is -0.318 e. The standard InChI is InChI=1S/C11H18N4O4S/c1-8(2)7-14(3)20(18,19)9-4-5-11(15(16)17)10(6-9)13-12/h4-6,8,13H,7,12H2,1-3H3. The Morgan fingerprint density at radius 3 is 2.50 bits per heavy atom. The molecular formula is C11H18N4O4S. The van der Waals surface area contributed by atoms with Crippen molar-refractivity contribution >= 4 is 21.4 Å². The SMILES string of the molecule is CC(C)CN(C)S(=O)(=O)c1ccc([N+](=O)[O-])c(NN)c1. The van der Waals surface area contributed by atoms with Gasteiger partial charge in [0.2, 0.25) is 10.0 Å². The monoisotopic (exact) mass is 302 g/mol. The maximum atomic E-state index is 12.3. The van der Waals surface area contributed by atoms with E-state index in [2.05, 4.69) is 5.43 Å². The molecule has 0 unspecified atom stereocenters. The van der Waals surface area contributed by atoms with Crippen molar-refractivity contribution in [3.63, 3.8) is 0 Å². The first kappa shape index (κ1) is 16.3. The number of sulfonamides is 1. The topological polar surface area (TPSA) is 119 Å². The summed E-state index contributed by atoms with van der Waals surface area (Å²) in [7, 11) is -2.23. The summed E-state index contributed by atoms with van der Waals surface area (Å²) in [6.45, 7) is 4.15. The van der Waals surface area contributed by atoms with E-state index >= 15 is 0 Å². The summed E-state index contributed by atoms with van der Waals surface area (Å²) < 4.78 is 25.8. The maximum absolute atomic E-state index is 12.3. The highest BCUT2D eigenvalue weighted by Crippen LogP contribution is 2.27. The molecule has 0 amide bonds. The van der Waals surface area contributed by atoms with E-state index in [9.17, 15) is 18.5 Å². The van der Waals surface area contributed by atoms with Gasteiger partial charge in [0.1, 0.15) is 5.69 Å². The van der Waals surface area contributed by atoms with Crippen molar-refractivity contribution in [1.29, 1.82) is 0 Å². The molecule has 20 heavy (non-hydrogen) atoms. The minimum absolute atomic E-state index is 0.0424. The molecule has 1 aromatic carbocycles.